The molecule has 0 spiro atoms. The van der Waals surface area contributed by atoms with Crippen LogP contribution in [0.3, 0.4) is 0 Å². The summed E-state index contributed by atoms with van der Waals surface area (Å²) >= 11 is 0. The van der Waals surface area contributed by atoms with Crippen LogP contribution in [0.5, 0.6) is 0 Å². The maximum absolute atomic E-state index is 11.4. The summed E-state index contributed by atoms with van der Waals surface area (Å²) in [6.45, 7) is 6.46. The number of ether oxygens (including phenoxy) is 3. The predicted octanol–water partition coefficient (Wildman–Crippen LogP) is -2.36. The van der Waals surface area contributed by atoms with Crippen molar-refractivity contribution in [3.05, 3.63) is 5.69 Å². The van der Waals surface area contributed by atoms with Gasteiger partial charge >= 0.3 is 0 Å². The third kappa shape index (κ3) is 7.05. The van der Waals surface area contributed by atoms with Crippen LogP contribution in [0.2, 0.25) is 0 Å². The summed E-state index contributed by atoms with van der Waals surface area (Å²) in [5.74, 6) is 0. The molecule has 2 heterocycles. The monoisotopic (exact) mass is 385 g/mol. The fourth-order valence-electron chi connectivity index (χ4n) is 2.48. The fourth-order valence-corrected chi connectivity index (χ4v) is 3.33. The minimum Gasteiger partial charge on any atom is -0.378 e. The molecule has 26 heavy (non-hydrogen) atoms. The number of nitrogens with two attached hydrogens (primary N) is 1. The van der Waals surface area contributed by atoms with Crippen LogP contribution in [-0.4, -0.2) is 103 Å². The molecular weight excluding hydrogens is 357 g/mol. The van der Waals surface area contributed by atoms with Gasteiger partial charge in [0.05, 0.1) is 57.1 Å². The average Bonchev–Trinajstić information content (AvgIpc) is 2.92. The number of nitrogens with zero attached hydrogens (tertiary/aromatic N) is 4. The van der Waals surface area contributed by atoms with Crippen LogP contribution in [0.25, 0.3) is 0 Å². The molecule has 9 nitrogen and oxygen atoms in total. The Labute approximate surface area is 158 Å². The van der Waals surface area contributed by atoms with E-state index in [0.717, 1.165) is 18.8 Å². The van der Waals surface area contributed by atoms with E-state index < -0.39 is 10.8 Å². The zero-order chi connectivity index (χ0) is 18.8. The van der Waals surface area contributed by atoms with Crippen molar-refractivity contribution in [2.75, 3.05) is 65.5 Å². The van der Waals surface area contributed by atoms with Crippen LogP contribution < -0.4 is 11.3 Å². The molecule has 0 aliphatic carbocycles. The molecule has 1 atom stereocenters. The highest BCUT2D eigenvalue weighted by molar-refractivity contribution is 7.85. The van der Waals surface area contributed by atoms with Gasteiger partial charge in [-0.1, -0.05) is 5.21 Å². The molecule has 2 rings (SSSR count). The summed E-state index contributed by atoms with van der Waals surface area (Å²) in [7, 11) is 5.33. The first-order chi connectivity index (χ1) is 12.6. The molecule has 0 aromatic carbocycles. The lowest BCUT2D eigenvalue weighted by molar-refractivity contribution is 0.0142. The van der Waals surface area contributed by atoms with Gasteiger partial charge in [0.2, 0.25) is 0 Å². The summed E-state index contributed by atoms with van der Waals surface area (Å²) in [4.78, 5) is 2.17. The van der Waals surface area contributed by atoms with Crippen molar-refractivity contribution < 1.29 is 18.4 Å². The number of rotatable bonds is 14. The van der Waals surface area contributed by atoms with Crippen molar-refractivity contribution >= 4 is 24.2 Å². The van der Waals surface area contributed by atoms with E-state index in [0.29, 0.717) is 64.9 Å². The number of hydrogen-bond acceptors (Lipinski definition) is 8. The Hall–Kier alpha value is -0.845. The van der Waals surface area contributed by atoms with Gasteiger partial charge in [0.15, 0.2) is 0 Å². The minimum atomic E-state index is -0.766. The molecule has 0 saturated carbocycles. The summed E-state index contributed by atoms with van der Waals surface area (Å²) in [5.41, 5.74) is 6.63. The highest BCUT2D eigenvalue weighted by Gasteiger charge is 2.30. The van der Waals surface area contributed by atoms with Gasteiger partial charge in [0.25, 0.3) is 0 Å². The van der Waals surface area contributed by atoms with Crippen molar-refractivity contribution in [3.63, 3.8) is 0 Å². The molecule has 1 saturated heterocycles. The van der Waals surface area contributed by atoms with E-state index in [2.05, 4.69) is 15.2 Å². The average molecular weight is 385 g/mol. The topological polar surface area (TPSA) is 105 Å². The molecule has 1 aromatic heterocycles. The van der Waals surface area contributed by atoms with Gasteiger partial charge in [-0.3, -0.25) is 13.8 Å². The summed E-state index contributed by atoms with van der Waals surface area (Å²) in [6, 6.07) is 0. The van der Waals surface area contributed by atoms with Gasteiger partial charge in [-0.05, 0) is 0 Å². The molecule has 1 aromatic rings. The molecule has 1 unspecified atom stereocenters. The Morgan fingerprint density at radius 2 is 1.77 bits per heavy atom. The Kier molecular flexibility index (Phi) is 9.72. The van der Waals surface area contributed by atoms with Crippen molar-refractivity contribution in [1.29, 1.82) is 0 Å². The van der Waals surface area contributed by atoms with Gasteiger partial charge in [-0.25, -0.2) is 0 Å². The minimum absolute atomic E-state index is 0.258. The SMILES string of the molecule is [B]c1c(CN2CC(S(C)=O)C2)nnn1CCOCCOCCOCCN. The largest absolute Gasteiger partial charge is 0.378 e. The molecule has 2 N–H and O–H groups in total. The second-order valence-corrected chi connectivity index (χ2v) is 7.75. The third-order valence-electron chi connectivity index (χ3n) is 4.07. The normalized spacial score (nSPS) is 16.7. The quantitative estimate of drug-likeness (QED) is 0.280. The Morgan fingerprint density at radius 3 is 2.38 bits per heavy atom. The van der Waals surface area contributed by atoms with E-state index in [1.807, 2.05) is 0 Å². The number of likely N-dealkylation sites (tertiary alicyclic amines) is 1. The van der Waals surface area contributed by atoms with Crippen molar-refractivity contribution in [2.45, 2.75) is 18.3 Å². The lowest BCUT2D eigenvalue weighted by atomic mass is 10.0. The van der Waals surface area contributed by atoms with E-state index >= 15 is 0 Å². The van der Waals surface area contributed by atoms with Crippen LogP contribution in [0.1, 0.15) is 5.69 Å². The van der Waals surface area contributed by atoms with Gasteiger partial charge in [0, 0.05) is 48.8 Å². The standard InChI is InChI=1S/C15H28BN5O4S/c1-26(22)13-10-20(11-13)12-14-15(16)21(19-18-14)3-5-24-7-9-25-8-6-23-4-2-17/h13H,2-12,17H2,1H3. The second-order valence-electron chi connectivity index (χ2n) is 6.08. The molecule has 1 aliphatic rings. The molecule has 146 valence electrons. The van der Waals surface area contributed by atoms with Crippen LogP contribution in [-0.2, 0) is 38.1 Å². The lowest BCUT2D eigenvalue weighted by Crippen LogP contribution is -2.52. The van der Waals surface area contributed by atoms with Gasteiger partial charge in [0.1, 0.15) is 7.85 Å². The Morgan fingerprint density at radius 1 is 1.15 bits per heavy atom. The van der Waals surface area contributed by atoms with Crippen molar-refractivity contribution in [2.24, 2.45) is 5.73 Å². The van der Waals surface area contributed by atoms with Crippen molar-refractivity contribution in [3.8, 4) is 0 Å². The lowest BCUT2D eigenvalue weighted by Gasteiger charge is -2.37. The first-order valence-corrected chi connectivity index (χ1v) is 10.4. The summed E-state index contributed by atoms with van der Waals surface area (Å²) < 4.78 is 29.1. The number of aromatic nitrogens is 3. The first-order valence-electron chi connectivity index (χ1n) is 8.77. The second kappa shape index (κ2) is 11.8. The van der Waals surface area contributed by atoms with E-state index in [1.165, 1.54) is 0 Å². The van der Waals surface area contributed by atoms with Crippen LogP contribution in [0.15, 0.2) is 0 Å². The third-order valence-corrected chi connectivity index (χ3v) is 5.30. The number of hydrogen-bond donors (Lipinski definition) is 1. The summed E-state index contributed by atoms with van der Waals surface area (Å²) in [6.07, 6.45) is 1.74. The van der Waals surface area contributed by atoms with Crippen LogP contribution in [0, 0.1) is 0 Å². The zero-order valence-corrected chi connectivity index (χ0v) is 16.2. The smallest absolute Gasteiger partial charge is 0.144 e. The van der Waals surface area contributed by atoms with Gasteiger partial charge < -0.3 is 19.9 Å². The summed E-state index contributed by atoms with van der Waals surface area (Å²) in [5, 5.41) is 8.47. The van der Waals surface area contributed by atoms with Crippen LogP contribution in [0.4, 0.5) is 0 Å². The first kappa shape index (κ1) is 21.5. The Bertz CT molecular complexity index is 556. The van der Waals surface area contributed by atoms with Gasteiger partial charge in [-0.2, -0.15) is 0 Å². The molecule has 0 amide bonds. The highest BCUT2D eigenvalue weighted by Crippen LogP contribution is 2.14. The van der Waals surface area contributed by atoms with Crippen molar-refractivity contribution in [1.82, 2.24) is 19.9 Å². The Balaban J connectivity index is 1.54. The van der Waals surface area contributed by atoms with E-state index in [4.69, 9.17) is 27.8 Å². The zero-order valence-electron chi connectivity index (χ0n) is 15.3. The predicted molar refractivity (Wildman–Crippen MR) is 100 cm³/mol. The van der Waals surface area contributed by atoms with Gasteiger partial charge in [-0.15, -0.1) is 5.10 Å². The molecule has 0 bridgehead atoms. The molecule has 1 aliphatic heterocycles. The molecular formula is C15H28BN5O4S. The van der Waals surface area contributed by atoms with Crippen LogP contribution >= 0.6 is 0 Å². The highest BCUT2D eigenvalue weighted by atomic mass is 32.2. The maximum Gasteiger partial charge on any atom is 0.144 e. The molecule has 2 radical (unpaired) electrons. The fraction of sp³-hybridized carbons (Fsp3) is 0.867. The van der Waals surface area contributed by atoms with E-state index in [1.54, 1.807) is 10.9 Å². The van der Waals surface area contributed by atoms with E-state index in [9.17, 15) is 4.21 Å². The molecule has 1 fully saturated rings. The maximum atomic E-state index is 11.4. The molecule has 11 heteroatoms. The van der Waals surface area contributed by atoms with E-state index in [-0.39, 0.29) is 5.25 Å².